The standard InChI is InChI=1S/C18H16N5/c1-22(2)16-11-7-6-10-14(16)15-12-17-19-20-18(23(17)21-15)13-8-4-3-5-9-13/h3-12H,1-2H3/q-1. The first kappa shape index (κ1) is 13.6. The molecule has 0 saturated carbocycles. The summed E-state index contributed by atoms with van der Waals surface area (Å²) in [5.74, 6) is 0.759. The van der Waals surface area contributed by atoms with Gasteiger partial charge in [0.15, 0.2) is 0 Å². The first-order valence-electron chi connectivity index (χ1n) is 7.45. The lowest BCUT2D eigenvalue weighted by Crippen LogP contribution is -2.09. The smallest absolute Gasteiger partial charge is 0.0743 e. The zero-order valence-corrected chi connectivity index (χ0v) is 13.0. The quantitative estimate of drug-likeness (QED) is 0.583. The number of hydrogen-bond acceptors (Lipinski definition) is 3. The Morgan fingerprint density at radius 2 is 1.70 bits per heavy atom. The molecule has 4 aromatic rings. The van der Waals surface area contributed by atoms with Crippen LogP contribution < -0.4 is 10.00 Å². The van der Waals surface area contributed by atoms with Gasteiger partial charge in [-0.1, -0.05) is 48.5 Å². The summed E-state index contributed by atoms with van der Waals surface area (Å²) < 4.78 is 1.80. The molecule has 0 amide bonds. The van der Waals surface area contributed by atoms with E-state index >= 15 is 0 Å². The summed E-state index contributed by atoms with van der Waals surface area (Å²) in [4.78, 5) is 2.09. The average molecular weight is 302 g/mol. The summed E-state index contributed by atoms with van der Waals surface area (Å²) in [7, 11) is 4.06. The van der Waals surface area contributed by atoms with Gasteiger partial charge in [0.1, 0.15) is 0 Å². The molecule has 0 aliphatic carbocycles. The normalized spacial score (nSPS) is 11.0. The third-order valence-electron chi connectivity index (χ3n) is 3.83. The van der Waals surface area contributed by atoms with Crippen LogP contribution in [0.25, 0.3) is 28.3 Å². The molecule has 4 rings (SSSR count). The fourth-order valence-corrected chi connectivity index (χ4v) is 2.72. The Morgan fingerprint density at radius 3 is 2.48 bits per heavy atom. The molecule has 2 aromatic heterocycles. The summed E-state index contributed by atoms with van der Waals surface area (Å²) in [6.45, 7) is 0. The van der Waals surface area contributed by atoms with Crippen molar-refractivity contribution in [1.82, 2.24) is 19.8 Å². The topological polar surface area (TPSA) is 47.5 Å². The predicted octanol–water partition coefficient (Wildman–Crippen LogP) is 3.09. The van der Waals surface area contributed by atoms with Gasteiger partial charge in [-0.15, -0.1) is 0 Å². The monoisotopic (exact) mass is 302 g/mol. The van der Waals surface area contributed by atoms with Crippen molar-refractivity contribution in [3.63, 3.8) is 0 Å². The SMILES string of the molecule is CN(C)c1ccccc1-c1cc2[n-]nc(-c3ccccc3)n2n1. The highest BCUT2D eigenvalue weighted by molar-refractivity contribution is 5.78. The molecular weight excluding hydrogens is 286 g/mol. The van der Waals surface area contributed by atoms with Crippen molar-refractivity contribution >= 4 is 11.3 Å². The van der Waals surface area contributed by atoms with Crippen molar-refractivity contribution in [3.8, 4) is 22.6 Å². The molecule has 0 spiro atoms. The van der Waals surface area contributed by atoms with E-state index in [0.29, 0.717) is 0 Å². The van der Waals surface area contributed by atoms with E-state index in [2.05, 4.69) is 27.2 Å². The number of rotatable bonds is 3. The van der Waals surface area contributed by atoms with Gasteiger partial charge in [0.25, 0.3) is 0 Å². The Labute approximate surface area is 134 Å². The maximum atomic E-state index is 4.73. The predicted molar refractivity (Wildman–Crippen MR) is 91.5 cm³/mol. The van der Waals surface area contributed by atoms with Crippen LogP contribution in [0.4, 0.5) is 5.69 Å². The molecule has 2 heterocycles. The number of aromatic nitrogens is 4. The van der Waals surface area contributed by atoms with Gasteiger partial charge in [0.05, 0.1) is 11.5 Å². The molecular formula is C18H16N5-. The molecule has 2 aromatic carbocycles. The molecule has 0 saturated heterocycles. The molecule has 0 unspecified atom stereocenters. The molecule has 0 atom stereocenters. The van der Waals surface area contributed by atoms with Crippen molar-refractivity contribution in [2.45, 2.75) is 0 Å². The van der Waals surface area contributed by atoms with E-state index in [-0.39, 0.29) is 0 Å². The fourth-order valence-electron chi connectivity index (χ4n) is 2.72. The second-order valence-electron chi connectivity index (χ2n) is 5.60. The minimum absolute atomic E-state index is 0.757. The van der Waals surface area contributed by atoms with Crippen molar-refractivity contribution in [2.75, 3.05) is 19.0 Å². The Kier molecular flexibility index (Phi) is 3.12. The van der Waals surface area contributed by atoms with Crippen molar-refractivity contribution < 1.29 is 0 Å². The minimum atomic E-state index is 0.757. The van der Waals surface area contributed by atoms with Gasteiger partial charge in [0.2, 0.25) is 0 Å². The summed E-state index contributed by atoms with van der Waals surface area (Å²) in [5, 5.41) is 13.2. The summed E-state index contributed by atoms with van der Waals surface area (Å²) >= 11 is 0. The van der Waals surface area contributed by atoms with Crippen LogP contribution in [0, 0.1) is 0 Å². The van der Waals surface area contributed by atoms with Gasteiger partial charge < -0.3 is 14.5 Å². The van der Waals surface area contributed by atoms with Crippen LogP contribution >= 0.6 is 0 Å². The van der Waals surface area contributed by atoms with E-state index in [1.165, 1.54) is 0 Å². The van der Waals surface area contributed by atoms with Crippen molar-refractivity contribution in [1.29, 1.82) is 0 Å². The highest BCUT2D eigenvalue weighted by Gasteiger charge is 2.09. The zero-order chi connectivity index (χ0) is 15.8. The highest BCUT2D eigenvalue weighted by atomic mass is 15.4. The van der Waals surface area contributed by atoms with Crippen LogP contribution in [-0.2, 0) is 0 Å². The van der Waals surface area contributed by atoms with Crippen LogP contribution in [0.1, 0.15) is 0 Å². The molecule has 0 aliphatic heterocycles. The van der Waals surface area contributed by atoms with Gasteiger partial charge in [-0.05, 0) is 23.3 Å². The third-order valence-corrected chi connectivity index (χ3v) is 3.83. The van der Waals surface area contributed by atoms with Gasteiger partial charge in [0, 0.05) is 25.3 Å². The van der Waals surface area contributed by atoms with Gasteiger partial charge in [-0.25, -0.2) is 0 Å². The number of nitrogens with zero attached hydrogens (tertiary/aromatic N) is 5. The number of benzene rings is 2. The highest BCUT2D eigenvalue weighted by Crippen LogP contribution is 2.30. The van der Waals surface area contributed by atoms with Crippen LogP contribution in [0.15, 0.2) is 60.7 Å². The van der Waals surface area contributed by atoms with Crippen LogP contribution in [-0.4, -0.2) is 28.8 Å². The maximum absolute atomic E-state index is 4.73. The average Bonchev–Trinajstić information content (AvgIpc) is 3.16. The van der Waals surface area contributed by atoms with E-state index in [4.69, 9.17) is 5.10 Å². The number of para-hydroxylation sites is 1. The molecule has 0 radical (unpaired) electrons. The number of hydrogen-bond donors (Lipinski definition) is 0. The molecule has 23 heavy (non-hydrogen) atoms. The van der Waals surface area contributed by atoms with Gasteiger partial charge >= 0.3 is 0 Å². The lowest BCUT2D eigenvalue weighted by atomic mass is 10.1. The largest absolute Gasteiger partial charge is 0.377 e. The molecule has 0 aliphatic rings. The molecule has 5 nitrogen and oxygen atoms in total. The summed E-state index contributed by atoms with van der Waals surface area (Å²) in [6.07, 6.45) is 0. The van der Waals surface area contributed by atoms with E-state index in [0.717, 1.165) is 34.0 Å². The molecule has 114 valence electrons. The number of anilines is 1. The first-order valence-corrected chi connectivity index (χ1v) is 7.45. The van der Waals surface area contributed by atoms with Crippen LogP contribution in [0.3, 0.4) is 0 Å². The Morgan fingerprint density at radius 1 is 0.957 bits per heavy atom. The minimum Gasteiger partial charge on any atom is -0.377 e. The zero-order valence-electron chi connectivity index (χ0n) is 13.0. The Balaban J connectivity index is 1.87. The molecule has 0 N–H and O–H groups in total. The summed E-state index contributed by atoms with van der Waals surface area (Å²) in [6, 6.07) is 20.2. The number of fused-ring (bicyclic) bond motifs is 1. The van der Waals surface area contributed by atoms with E-state index in [9.17, 15) is 0 Å². The second-order valence-corrected chi connectivity index (χ2v) is 5.60. The third kappa shape index (κ3) is 2.26. The summed E-state index contributed by atoms with van der Waals surface area (Å²) in [5.41, 5.74) is 4.87. The van der Waals surface area contributed by atoms with Crippen molar-refractivity contribution in [2.24, 2.45) is 0 Å². The molecule has 0 fully saturated rings. The van der Waals surface area contributed by atoms with Crippen molar-refractivity contribution in [3.05, 3.63) is 60.7 Å². The molecule has 0 bridgehead atoms. The lowest BCUT2D eigenvalue weighted by molar-refractivity contribution is 0.969. The van der Waals surface area contributed by atoms with E-state index in [1.807, 2.05) is 62.6 Å². The first-order chi connectivity index (χ1) is 11.2. The van der Waals surface area contributed by atoms with Crippen LogP contribution in [0.2, 0.25) is 0 Å². The van der Waals surface area contributed by atoms with E-state index < -0.39 is 0 Å². The Hall–Kier alpha value is -3.08. The van der Waals surface area contributed by atoms with E-state index in [1.54, 1.807) is 4.52 Å². The fraction of sp³-hybridized carbons (Fsp3) is 0.111. The van der Waals surface area contributed by atoms with Gasteiger partial charge in [-0.3, -0.25) is 10.2 Å². The second kappa shape index (κ2) is 5.28. The Bertz CT molecular complexity index is 950. The van der Waals surface area contributed by atoms with Crippen LogP contribution in [0.5, 0.6) is 0 Å². The van der Waals surface area contributed by atoms with Gasteiger partial charge in [-0.2, -0.15) is 0 Å². The molecule has 5 heteroatoms. The lowest BCUT2D eigenvalue weighted by Gasteiger charge is -2.16. The maximum Gasteiger partial charge on any atom is 0.0743 e.